The Morgan fingerprint density at radius 2 is 1.72 bits per heavy atom. The van der Waals surface area contributed by atoms with Crippen LogP contribution in [0, 0.1) is 13.8 Å². The second-order valence-electron chi connectivity index (χ2n) is 3.69. The molecule has 96 valence electrons. The molecule has 0 aliphatic carbocycles. The minimum Gasteiger partial charge on any atom is -0.477 e. The third-order valence-corrected chi connectivity index (χ3v) is 3.15. The predicted octanol–water partition coefficient (Wildman–Crippen LogP) is 3.02. The van der Waals surface area contributed by atoms with Gasteiger partial charge in [0, 0.05) is 5.69 Å². The molecule has 18 heavy (non-hydrogen) atoms. The first-order valence-corrected chi connectivity index (χ1v) is 5.75. The minimum absolute atomic E-state index is 0.524. The zero-order valence-electron chi connectivity index (χ0n) is 9.75. The van der Waals surface area contributed by atoms with Gasteiger partial charge in [-0.05, 0) is 37.1 Å². The van der Waals surface area contributed by atoms with Crippen LogP contribution in [0.3, 0.4) is 0 Å². The van der Waals surface area contributed by atoms with E-state index in [1.165, 1.54) is 0 Å². The minimum atomic E-state index is -1.45. The topological polar surface area (TPSA) is 66.4 Å². The zero-order valence-corrected chi connectivity index (χ0v) is 11.3. The largest absolute Gasteiger partial charge is 0.477 e. The summed E-state index contributed by atoms with van der Waals surface area (Å²) in [7, 11) is 0. The Morgan fingerprint density at radius 1 is 1.11 bits per heavy atom. The molecule has 0 saturated heterocycles. The number of carbonyl (C=O) groups is 2. The van der Waals surface area contributed by atoms with Crippen molar-refractivity contribution < 1.29 is 14.7 Å². The molecule has 0 bridgehead atoms. The number of aryl methyl sites for hydroxylation is 2. The van der Waals surface area contributed by atoms with Crippen molar-refractivity contribution >= 4 is 40.8 Å². The summed E-state index contributed by atoms with van der Waals surface area (Å²) in [6.07, 6.45) is 0. The lowest BCUT2D eigenvalue weighted by molar-refractivity contribution is -0.132. The van der Waals surface area contributed by atoms with E-state index in [1.807, 2.05) is 19.9 Å². The number of carboxylic acid groups (broad SMARTS) is 1. The molecule has 4 nitrogen and oxygen atoms in total. The summed E-state index contributed by atoms with van der Waals surface area (Å²) in [5.74, 6) is -2.20. The Kier molecular flexibility index (Phi) is 4.76. The van der Waals surface area contributed by atoms with Crippen LogP contribution in [0.5, 0.6) is 0 Å². The molecule has 0 heterocycles. The molecule has 0 aromatic heterocycles. The Morgan fingerprint density at radius 3 is 2.22 bits per heavy atom. The molecule has 0 radical (unpaired) electrons. The molecule has 0 atom stereocenters. The van der Waals surface area contributed by atoms with E-state index in [2.05, 4.69) is 5.32 Å². The first-order valence-electron chi connectivity index (χ1n) is 5.00. The fourth-order valence-electron chi connectivity index (χ4n) is 1.20. The van der Waals surface area contributed by atoms with Gasteiger partial charge < -0.3 is 10.4 Å². The summed E-state index contributed by atoms with van der Waals surface area (Å²) in [6, 6.07) is 5.28. The molecular formula is C12H11Cl2NO3. The SMILES string of the molecule is Cc1ccc(NC(=O)C(Cl)=C(Cl)C(=O)O)cc1C. The Labute approximate surface area is 114 Å². The number of hydrogen-bond donors (Lipinski definition) is 2. The van der Waals surface area contributed by atoms with Crippen LogP contribution < -0.4 is 5.32 Å². The molecule has 2 N–H and O–H groups in total. The highest BCUT2D eigenvalue weighted by Crippen LogP contribution is 2.19. The van der Waals surface area contributed by atoms with E-state index in [9.17, 15) is 9.59 Å². The average molecular weight is 288 g/mol. The molecular weight excluding hydrogens is 277 g/mol. The fraction of sp³-hybridized carbons (Fsp3) is 0.167. The van der Waals surface area contributed by atoms with Gasteiger partial charge in [0.25, 0.3) is 5.91 Å². The van der Waals surface area contributed by atoms with Crippen LogP contribution in [-0.2, 0) is 9.59 Å². The van der Waals surface area contributed by atoms with E-state index < -0.39 is 21.9 Å². The third-order valence-electron chi connectivity index (χ3n) is 2.34. The fourth-order valence-corrected chi connectivity index (χ4v) is 1.41. The van der Waals surface area contributed by atoms with Gasteiger partial charge in [-0.3, -0.25) is 4.79 Å². The molecule has 0 spiro atoms. The van der Waals surface area contributed by atoms with E-state index in [4.69, 9.17) is 28.3 Å². The maximum absolute atomic E-state index is 11.6. The van der Waals surface area contributed by atoms with Gasteiger partial charge in [0.05, 0.1) is 0 Å². The van der Waals surface area contributed by atoms with Gasteiger partial charge in [-0.25, -0.2) is 4.79 Å². The summed E-state index contributed by atoms with van der Waals surface area (Å²) in [5.41, 5.74) is 2.60. The van der Waals surface area contributed by atoms with Crippen LogP contribution in [0.4, 0.5) is 5.69 Å². The van der Waals surface area contributed by atoms with Gasteiger partial charge in [-0.1, -0.05) is 29.3 Å². The van der Waals surface area contributed by atoms with Gasteiger partial charge >= 0.3 is 5.97 Å². The normalized spacial score (nSPS) is 11.8. The van der Waals surface area contributed by atoms with E-state index in [-0.39, 0.29) is 0 Å². The van der Waals surface area contributed by atoms with E-state index >= 15 is 0 Å². The third kappa shape index (κ3) is 3.48. The predicted molar refractivity (Wildman–Crippen MR) is 70.9 cm³/mol. The summed E-state index contributed by atoms with van der Waals surface area (Å²) in [5, 5.41) is 9.80. The molecule has 1 aromatic carbocycles. The second-order valence-corrected chi connectivity index (χ2v) is 4.44. The van der Waals surface area contributed by atoms with Crippen LogP contribution in [0.2, 0.25) is 0 Å². The summed E-state index contributed by atoms with van der Waals surface area (Å²) in [4.78, 5) is 22.1. The Hall–Kier alpha value is -1.52. The van der Waals surface area contributed by atoms with Crippen molar-refractivity contribution in [2.45, 2.75) is 13.8 Å². The van der Waals surface area contributed by atoms with Crippen LogP contribution in [0.15, 0.2) is 28.3 Å². The smallest absolute Gasteiger partial charge is 0.349 e. The highest BCUT2D eigenvalue weighted by atomic mass is 35.5. The van der Waals surface area contributed by atoms with Crippen molar-refractivity contribution in [2.75, 3.05) is 5.32 Å². The number of aliphatic carboxylic acids is 1. The molecule has 0 aliphatic heterocycles. The number of halogens is 2. The van der Waals surface area contributed by atoms with E-state index in [0.29, 0.717) is 5.69 Å². The Balaban J connectivity index is 2.92. The maximum Gasteiger partial charge on any atom is 0.349 e. The second kappa shape index (κ2) is 5.89. The van der Waals surface area contributed by atoms with Gasteiger partial charge in [0.15, 0.2) is 0 Å². The maximum atomic E-state index is 11.6. The Bertz CT molecular complexity index is 538. The molecule has 1 amide bonds. The van der Waals surface area contributed by atoms with Gasteiger partial charge in [-0.15, -0.1) is 0 Å². The van der Waals surface area contributed by atoms with Crippen molar-refractivity contribution in [1.82, 2.24) is 0 Å². The van der Waals surface area contributed by atoms with Gasteiger partial charge in [-0.2, -0.15) is 0 Å². The van der Waals surface area contributed by atoms with Crippen molar-refractivity contribution in [3.05, 3.63) is 39.4 Å². The molecule has 0 fully saturated rings. The first-order chi connectivity index (χ1) is 8.32. The number of benzene rings is 1. The number of carbonyl (C=O) groups excluding carboxylic acids is 1. The molecule has 6 heteroatoms. The molecule has 0 aliphatic rings. The number of carboxylic acids is 1. The summed E-state index contributed by atoms with van der Waals surface area (Å²) in [6.45, 7) is 3.84. The molecule has 1 aromatic rings. The summed E-state index contributed by atoms with van der Waals surface area (Å²) < 4.78 is 0. The average Bonchev–Trinajstić information content (AvgIpc) is 2.31. The van der Waals surface area contributed by atoms with E-state index in [0.717, 1.165) is 11.1 Å². The van der Waals surface area contributed by atoms with Crippen molar-refractivity contribution in [3.63, 3.8) is 0 Å². The number of anilines is 1. The number of rotatable bonds is 3. The van der Waals surface area contributed by atoms with Crippen LogP contribution in [0.25, 0.3) is 0 Å². The van der Waals surface area contributed by atoms with Gasteiger partial charge in [0.1, 0.15) is 10.1 Å². The lowest BCUT2D eigenvalue weighted by atomic mass is 10.1. The zero-order chi connectivity index (χ0) is 13.9. The highest BCUT2D eigenvalue weighted by molar-refractivity contribution is 6.54. The van der Waals surface area contributed by atoms with Crippen LogP contribution in [0.1, 0.15) is 11.1 Å². The number of nitrogens with one attached hydrogen (secondary N) is 1. The molecule has 0 saturated carbocycles. The monoisotopic (exact) mass is 287 g/mol. The van der Waals surface area contributed by atoms with Crippen LogP contribution in [-0.4, -0.2) is 17.0 Å². The van der Waals surface area contributed by atoms with E-state index in [1.54, 1.807) is 12.1 Å². The molecule has 0 unspecified atom stereocenters. The van der Waals surface area contributed by atoms with Crippen LogP contribution >= 0.6 is 23.2 Å². The lowest BCUT2D eigenvalue weighted by Gasteiger charge is -2.07. The molecule has 1 rings (SSSR count). The quantitative estimate of drug-likeness (QED) is 0.840. The number of amides is 1. The number of hydrogen-bond acceptors (Lipinski definition) is 2. The first kappa shape index (κ1) is 14.5. The highest BCUT2D eigenvalue weighted by Gasteiger charge is 2.17. The van der Waals surface area contributed by atoms with Crippen molar-refractivity contribution in [1.29, 1.82) is 0 Å². The summed E-state index contributed by atoms with van der Waals surface area (Å²) >= 11 is 10.9. The van der Waals surface area contributed by atoms with Gasteiger partial charge in [0.2, 0.25) is 0 Å². The lowest BCUT2D eigenvalue weighted by Crippen LogP contribution is -2.14. The van der Waals surface area contributed by atoms with Crippen molar-refractivity contribution in [3.8, 4) is 0 Å². The van der Waals surface area contributed by atoms with Crippen molar-refractivity contribution in [2.24, 2.45) is 0 Å². The standard InChI is InChI=1S/C12H11Cl2NO3/c1-6-3-4-8(5-7(6)2)15-11(16)9(13)10(14)12(17)18/h3-5H,1-2H3,(H,15,16)(H,17,18).